The van der Waals surface area contributed by atoms with E-state index in [-0.39, 0.29) is 0 Å². The lowest BCUT2D eigenvalue weighted by atomic mass is 9.95. The molecule has 0 aliphatic rings. The number of rotatable bonds is 6. The molecule has 0 bridgehead atoms. The third-order valence-corrected chi connectivity index (χ3v) is 1.96. The lowest BCUT2D eigenvalue weighted by molar-refractivity contribution is -0.131. The molecule has 1 atom stereocenters. The molecule has 0 heterocycles. The van der Waals surface area contributed by atoms with Gasteiger partial charge in [-0.05, 0) is 31.1 Å². The lowest BCUT2D eigenvalue weighted by Gasteiger charge is -2.11. The molecule has 0 aromatic rings. The molecule has 0 aromatic carbocycles. The third-order valence-electron chi connectivity index (χ3n) is 1.96. The van der Waals surface area contributed by atoms with E-state index in [1.165, 1.54) is 12.5 Å². The van der Waals surface area contributed by atoms with Crippen molar-refractivity contribution >= 4 is 5.97 Å². The quantitative estimate of drug-likeness (QED) is 0.644. The van der Waals surface area contributed by atoms with Crippen LogP contribution in [0.2, 0.25) is 0 Å². The van der Waals surface area contributed by atoms with Crippen LogP contribution in [-0.2, 0) is 4.79 Å². The van der Waals surface area contributed by atoms with Gasteiger partial charge in [-0.2, -0.15) is 0 Å². The van der Waals surface area contributed by atoms with Gasteiger partial charge in [0.1, 0.15) is 0 Å². The van der Waals surface area contributed by atoms with Gasteiger partial charge in [-0.25, -0.2) is 4.79 Å². The number of carboxylic acid groups (broad SMARTS) is 1. The number of carbonyl (C=O) groups is 1. The van der Waals surface area contributed by atoms with Crippen molar-refractivity contribution in [3.63, 3.8) is 0 Å². The molecule has 0 amide bonds. The van der Waals surface area contributed by atoms with Crippen LogP contribution in [0.25, 0.3) is 0 Å². The molecule has 0 fully saturated rings. The molecule has 76 valence electrons. The van der Waals surface area contributed by atoms with Crippen molar-refractivity contribution in [3.05, 3.63) is 12.2 Å². The van der Waals surface area contributed by atoms with Crippen LogP contribution in [0.15, 0.2) is 12.2 Å². The molecule has 2 heteroatoms. The minimum Gasteiger partial charge on any atom is -0.478 e. The Labute approximate surface area is 80.7 Å². The van der Waals surface area contributed by atoms with E-state index >= 15 is 0 Å². The van der Waals surface area contributed by atoms with Gasteiger partial charge in [-0.3, -0.25) is 0 Å². The summed E-state index contributed by atoms with van der Waals surface area (Å²) in [6.07, 6.45) is 6.14. The van der Waals surface area contributed by atoms with Crippen molar-refractivity contribution in [1.29, 1.82) is 0 Å². The minimum absolute atomic E-state index is 0.693. The summed E-state index contributed by atoms with van der Waals surface area (Å²) in [6.45, 7) is 6.64. The number of hydrogen-bond donors (Lipinski definition) is 1. The Balaban J connectivity index is 3.47. The molecular formula is C11H20O2. The fourth-order valence-corrected chi connectivity index (χ4v) is 1.49. The number of hydrogen-bond acceptors (Lipinski definition) is 1. The number of allylic oxidation sites excluding steroid dienone is 1. The van der Waals surface area contributed by atoms with Gasteiger partial charge in [0, 0.05) is 6.08 Å². The average Bonchev–Trinajstić information content (AvgIpc) is 1.96. The van der Waals surface area contributed by atoms with Crippen LogP contribution in [0.4, 0.5) is 0 Å². The molecule has 0 spiro atoms. The van der Waals surface area contributed by atoms with E-state index in [9.17, 15) is 4.79 Å². The average molecular weight is 184 g/mol. The monoisotopic (exact) mass is 184 g/mol. The van der Waals surface area contributed by atoms with E-state index in [1.807, 2.05) is 0 Å². The highest BCUT2D eigenvalue weighted by atomic mass is 16.4. The number of carboxylic acids is 1. The zero-order valence-corrected chi connectivity index (χ0v) is 8.79. The molecule has 1 unspecified atom stereocenters. The Morgan fingerprint density at radius 2 is 2.00 bits per heavy atom. The summed E-state index contributed by atoms with van der Waals surface area (Å²) in [4.78, 5) is 10.1. The van der Waals surface area contributed by atoms with Crippen LogP contribution in [-0.4, -0.2) is 11.1 Å². The van der Waals surface area contributed by atoms with Crippen LogP contribution >= 0.6 is 0 Å². The van der Waals surface area contributed by atoms with Crippen LogP contribution < -0.4 is 0 Å². The molecule has 0 aliphatic heterocycles. The lowest BCUT2D eigenvalue weighted by Crippen LogP contribution is -1.99. The Morgan fingerprint density at radius 1 is 1.38 bits per heavy atom. The van der Waals surface area contributed by atoms with E-state index in [0.717, 1.165) is 18.8 Å². The zero-order chi connectivity index (χ0) is 10.3. The SMILES string of the molecule is CC(C)CC(C)CCC=CC(=O)O. The third kappa shape index (κ3) is 9.12. The number of aliphatic carboxylic acids is 1. The summed E-state index contributed by atoms with van der Waals surface area (Å²) in [6, 6.07) is 0. The van der Waals surface area contributed by atoms with Gasteiger partial charge in [0.2, 0.25) is 0 Å². The molecule has 13 heavy (non-hydrogen) atoms. The first-order valence-corrected chi connectivity index (χ1v) is 4.91. The Hall–Kier alpha value is -0.790. The standard InChI is InChI=1S/C11H20O2/c1-9(2)8-10(3)6-4-5-7-11(12)13/h5,7,9-10H,4,6,8H2,1-3H3,(H,12,13). The normalized spacial score (nSPS) is 13.8. The predicted molar refractivity (Wildman–Crippen MR) is 54.6 cm³/mol. The van der Waals surface area contributed by atoms with Gasteiger partial charge in [0.15, 0.2) is 0 Å². The topological polar surface area (TPSA) is 37.3 Å². The summed E-state index contributed by atoms with van der Waals surface area (Å²) >= 11 is 0. The van der Waals surface area contributed by atoms with Crippen LogP contribution in [0.1, 0.15) is 40.0 Å². The summed E-state index contributed by atoms with van der Waals surface area (Å²) in [7, 11) is 0. The summed E-state index contributed by atoms with van der Waals surface area (Å²) in [5, 5.41) is 8.34. The van der Waals surface area contributed by atoms with Crippen molar-refractivity contribution in [3.8, 4) is 0 Å². The molecule has 0 aliphatic carbocycles. The Morgan fingerprint density at radius 3 is 2.46 bits per heavy atom. The second kappa shape index (κ2) is 6.70. The van der Waals surface area contributed by atoms with Crippen LogP contribution in [0.5, 0.6) is 0 Å². The maximum Gasteiger partial charge on any atom is 0.327 e. The smallest absolute Gasteiger partial charge is 0.327 e. The van der Waals surface area contributed by atoms with E-state index in [2.05, 4.69) is 20.8 Å². The predicted octanol–water partition coefficient (Wildman–Crippen LogP) is 3.09. The molecule has 0 rings (SSSR count). The van der Waals surface area contributed by atoms with Gasteiger partial charge >= 0.3 is 5.97 Å². The first-order chi connectivity index (χ1) is 6.02. The largest absolute Gasteiger partial charge is 0.478 e. The van der Waals surface area contributed by atoms with E-state index in [4.69, 9.17) is 5.11 Å². The van der Waals surface area contributed by atoms with Crippen LogP contribution in [0.3, 0.4) is 0 Å². The summed E-state index contributed by atoms with van der Waals surface area (Å²) < 4.78 is 0. The second-order valence-corrected chi connectivity index (χ2v) is 4.05. The van der Waals surface area contributed by atoms with Gasteiger partial charge in [-0.1, -0.05) is 26.8 Å². The van der Waals surface area contributed by atoms with E-state index in [0.29, 0.717) is 5.92 Å². The van der Waals surface area contributed by atoms with Crippen LogP contribution in [0, 0.1) is 11.8 Å². The van der Waals surface area contributed by atoms with Crippen molar-refractivity contribution in [1.82, 2.24) is 0 Å². The van der Waals surface area contributed by atoms with E-state index in [1.54, 1.807) is 6.08 Å². The minimum atomic E-state index is -0.850. The first kappa shape index (κ1) is 12.2. The second-order valence-electron chi connectivity index (χ2n) is 4.05. The fraction of sp³-hybridized carbons (Fsp3) is 0.727. The van der Waals surface area contributed by atoms with Gasteiger partial charge in [0.05, 0.1) is 0 Å². The molecule has 0 saturated heterocycles. The van der Waals surface area contributed by atoms with Crippen molar-refractivity contribution in [2.75, 3.05) is 0 Å². The summed E-state index contributed by atoms with van der Waals surface area (Å²) in [5.74, 6) is 0.577. The molecule has 0 radical (unpaired) electrons. The maximum absolute atomic E-state index is 10.1. The van der Waals surface area contributed by atoms with Gasteiger partial charge in [0.25, 0.3) is 0 Å². The highest BCUT2D eigenvalue weighted by Crippen LogP contribution is 2.16. The molecule has 0 aromatic heterocycles. The Kier molecular flexibility index (Phi) is 6.29. The van der Waals surface area contributed by atoms with Crippen molar-refractivity contribution in [2.24, 2.45) is 11.8 Å². The zero-order valence-electron chi connectivity index (χ0n) is 8.79. The summed E-state index contributed by atoms with van der Waals surface area (Å²) in [5.41, 5.74) is 0. The van der Waals surface area contributed by atoms with Crippen molar-refractivity contribution < 1.29 is 9.90 Å². The molecule has 2 nitrogen and oxygen atoms in total. The maximum atomic E-state index is 10.1. The fourth-order valence-electron chi connectivity index (χ4n) is 1.49. The van der Waals surface area contributed by atoms with Crippen molar-refractivity contribution in [2.45, 2.75) is 40.0 Å². The highest BCUT2D eigenvalue weighted by molar-refractivity contribution is 5.79. The molecular weight excluding hydrogens is 164 g/mol. The molecule has 1 N–H and O–H groups in total. The Bertz CT molecular complexity index is 171. The molecule has 0 saturated carbocycles. The highest BCUT2D eigenvalue weighted by Gasteiger charge is 2.03. The van der Waals surface area contributed by atoms with Gasteiger partial charge < -0.3 is 5.11 Å². The first-order valence-electron chi connectivity index (χ1n) is 4.91. The van der Waals surface area contributed by atoms with E-state index < -0.39 is 5.97 Å². The van der Waals surface area contributed by atoms with Gasteiger partial charge in [-0.15, -0.1) is 0 Å².